The summed E-state index contributed by atoms with van der Waals surface area (Å²) in [4.78, 5) is 47.3. The Kier molecular flexibility index (Phi) is 30.3. The van der Waals surface area contributed by atoms with E-state index in [1.807, 2.05) is 24.3 Å². The lowest BCUT2D eigenvalue weighted by Gasteiger charge is -2.19. The Hall–Kier alpha value is -2.92. The first-order chi connectivity index (χ1) is 26.6. The van der Waals surface area contributed by atoms with Gasteiger partial charge in [-0.05, 0) is 82.6 Å². The number of aliphatic hydroxyl groups excluding tert-OH is 1. The number of carbonyl (C=O) groups excluding carboxylic acids is 3. The average Bonchev–Trinajstić information content (AvgIpc) is 3.52. The van der Waals surface area contributed by atoms with Crippen LogP contribution in [0.2, 0.25) is 0 Å². The monoisotopic (exact) mass is 791 g/mol. The lowest BCUT2D eigenvalue weighted by atomic mass is 9.90. The molecule has 1 unspecified atom stereocenters. The van der Waals surface area contributed by atoms with Gasteiger partial charge in [-0.2, -0.15) is 0 Å². The molecule has 12 heteroatoms. The lowest BCUT2D eigenvalue weighted by Crippen LogP contribution is -2.29. The summed E-state index contributed by atoms with van der Waals surface area (Å²) in [5, 5.41) is 10.2. The quantitative estimate of drug-likeness (QED) is 0.0246. The van der Waals surface area contributed by atoms with Gasteiger partial charge in [-0.25, -0.2) is 4.57 Å². The van der Waals surface area contributed by atoms with E-state index in [0.717, 1.165) is 51.4 Å². The highest BCUT2D eigenvalue weighted by Gasteiger charge is 2.27. The third-order valence-corrected chi connectivity index (χ3v) is 9.80. The van der Waals surface area contributed by atoms with Crippen LogP contribution in [0.15, 0.2) is 72.9 Å². The van der Waals surface area contributed by atoms with Gasteiger partial charge in [0.15, 0.2) is 11.9 Å². The lowest BCUT2D eigenvalue weighted by molar-refractivity contribution is -0.161. The molecule has 5 atom stereocenters. The Morgan fingerprint density at radius 2 is 1.44 bits per heavy atom. The molecule has 312 valence electrons. The van der Waals surface area contributed by atoms with Gasteiger partial charge in [0.25, 0.3) is 0 Å². The minimum absolute atomic E-state index is 0.0152. The number of rotatable bonds is 34. The molecule has 0 saturated heterocycles. The van der Waals surface area contributed by atoms with Gasteiger partial charge in [0.1, 0.15) is 6.61 Å². The maximum Gasteiger partial charge on any atom is 0.472 e. The summed E-state index contributed by atoms with van der Waals surface area (Å²) in [6.07, 6.45) is 37.1. The zero-order valence-corrected chi connectivity index (χ0v) is 34.4. The molecule has 0 radical (unpaired) electrons. The molecular weight excluding hydrogens is 721 g/mol. The SMILES string of the molecule is CCCCC/C=C\C/C=C\C/C=C\CCCCC(=O)O[C@H](COC(=O)CCC/C=C\C[C@H]1C=CC(=O)[C@@H]1/C=C/[C@@H](O)CCCCC)COP(=O)(O)OCCN. The third-order valence-electron chi connectivity index (χ3n) is 8.81. The van der Waals surface area contributed by atoms with Crippen LogP contribution in [0, 0.1) is 11.8 Å². The molecule has 0 fully saturated rings. The number of hydrogen-bond acceptors (Lipinski definition) is 10. The van der Waals surface area contributed by atoms with Crippen LogP contribution < -0.4 is 5.73 Å². The fourth-order valence-electron chi connectivity index (χ4n) is 5.63. The van der Waals surface area contributed by atoms with Crippen molar-refractivity contribution in [1.82, 2.24) is 0 Å². The van der Waals surface area contributed by atoms with Crippen LogP contribution in [0.25, 0.3) is 0 Å². The second-order valence-corrected chi connectivity index (χ2v) is 15.3. The number of esters is 2. The van der Waals surface area contributed by atoms with Gasteiger partial charge in [0.2, 0.25) is 0 Å². The summed E-state index contributed by atoms with van der Waals surface area (Å²) >= 11 is 0. The van der Waals surface area contributed by atoms with E-state index < -0.39 is 38.6 Å². The number of aliphatic hydroxyl groups is 1. The van der Waals surface area contributed by atoms with E-state index in [1.165, 1.54) is 19.3 Å². The number of ketones is 1. The summed E-state index contributed by atoms with van der Waals surface area (Å²) in [6.45, 7) is 3.30. The molecule has 0 heterocycles. The molecule has 1 aliphatic carbocycles. The predicted octanol–water partition coefficient (Wildman–Crippen LogP) is 9.11. The van der Waals surface area contributed by atoms with Crippen LogP contribution in [-0.4, -0.2) is 66.3 Å². The van der Waals surface area contributed by atoms with Crippen molar-refractivity contribution in [3.05, 3.63) is 72.9 Å². The summed E-state index contributed by atoms with van der Waals surface area (Å²) in [5.41, 5.74) is 5.33. The van der Waals surface area contributed by atoms with Crippen molar-refractivity contribution >= 4 is 25.5 Å². The fraction of sp³-hybridized carbons (Fsp3) is 0.651. The summed E-state index contributed by atoms with van der Waals surface area (Å²) in [7, 11) is -4.44. The topological polar surface area (TPSA) is 172 Å². The maximum absolute atomic E-state index is 12.6. The first-order valence-electron chi connectivity index (χ1n) is 20.5. The van der Waals surface area contributed by atoms with E-state index in [4.69, 9.17) is 24.3 Å². The highest BCUT2D eigenvalue weighted by atomic mass is 31.2. The molecule has 0 bridgehead atoms. The second-order valence-electron chi connectivity index (χ2n) is 13.8. The molecule has 0 aromatic heterocycles. The van der Waals surface area contributed by atoms with Gasteiger partial charge >= 0.3 is 19.8 Å². The number of ether oxygens (including phenoxy) is 2. The summed E-state index contributed by atoms with van der Waals surface area (Å²) in [5.74, 6) is -1.25. The van der Waals surface area contributed by atoms with Gasteiger partial charge in [0, 0.05) is 25.3 Å². The minimum Gasteiger partial charge on any atom is -0.462 e. The number of nitrogens with two attached hydrogens (primary N) is 1. The van der Waals surface area contributed by atoms with E-state index in [-0.39, 0.29) is 50.2 Å². The van der Waals surface area contributed by atoms with Crippen molar-refractivity contribution in [2.24, 2.45) is 17.6 Å². The van der Waals surface area contributed by atoms with Crippen molar-refractivity contribution < 1.29 is 47.5 Å². The highest BCUT2D eigenvalue weighted by Crippen LogP contribution is 2.43. The van der Waals surface area contributed by atoms with Crippen LogP contribution in [0.4, 0.5) is 0 Å². The molecule has 0 aromatic rings. The van der Waals surface area contributed by atoms with Crippen LogP contribution in [0.1, 0.15) is 129 Å². The predicted molar refractivity (Wildman–Crippen MR) is 219 cm³/mol. The van der Waals surface area contributed by atoms with E-state index in [2.05, 4.69) is 50.3 Å². The number of hydrogen-bond donors (Lipinski definition) is 3. The molecule has 0 amide bonds. The molecule has 55 heavy (non-hydrogen) atoms. The molecule has 0 spiro atoms. The molecule has 0 aromatic carbocycles. The van der Waals surface area contributed by atoms with Gasteiger partial charge in [-0.1, -0.05) is 113 Å². The minimum atomic E-state index is -4.44. The van der Waals surface area contributed by atoms with Gasteiger partial charge in [-0.15, -0.1) is 0 Å². The number of carbonyl (C=O) groups is 3. The first-order valence-corrected chi connectivity index (χ1v) is 22.0. The molecule has 1 rings (SSSR count). The number of unbranched alkanes of at least 4 members (excludes halogenated alkanes) is 8. The van der Waals surface area contributed by atoms with Crippen molar-refractivity contribution in [3.63, 3.8) is 0 Å². The number of allylic oxidation sites excluding steroid dienone is 11. The Bertz CT molecular complexity index is 1270. The van der Waals surface area contributed by atoms with Crippen LogP contribution in [0.3, 0.4) is 0 Å². The van der Waals surface area contributed by atoms with E-state index in [9.17, 15) is 28.9 Å². The van der Waals surface area contributed by atoms with Gasteiger partial charge in [0.05, 0.1) is 19.3 Å². The van der Waals surface area contributed by atoms with Gasteiger partial charge < -0.3 is 25.2 Å². The first kappa shape index (κ1) is 50.1. The number of phosphoric ester groups is 1. The average molecular weight is 792 g/mol. The van der Waals surface area contributed by atoms with Crippen LogP contribution in [-0.2, 0) is 37.5 Å². The fourth-order valence-corrected chi connectivity index (χ4v) is 6.39. The van der Waals surface area contributed by atoms with E-state index in [1.54, 1.807) is 12.2 Å². The largest absolute Gasteiger partial charge is 0.472 e. The third kappa shape index (κ3) is 28.2. The zero-order valence-electron chi connectivity index (χ0n) is 33.5. The van der Waals surface area contributed by atoms with Crippen LogP contribution in [0.5, 0.6) is 0 Å². The highest BCUT2D eigenvalue weighted by molar-refractivity contribution is 7.47. The molecule has 11 nitrogen and oxygen atoms in total. The summed E-state index contributed by atoms with van der Waals surface area (Å²) < 4.78 is 32.6. The Morgan fingerprint density at radius 3 is 2.13 bits per heavy atom. The van der Waals surface area contributed by atoms with Gasteiger partial charge in [-0.3, -0.25) is 23.4 Å². The normalized spacial score (nSPS) is 18.4. The molecule has 4 N–H and O–H groups in total. The maximum atomic E-state index is 12.6. The zero-order chi connectivity index (χ0) is 40.4. The Morgan fingerprint density at radius 1 is 0.818 bits per heavy atom. The standard InChI is InChI=1S/C43H70NO10P/c1-3-5-7-8-9-10-11-12-13-14-15-16-17-18-24-28-43(48)54-39(36-53-55(49,50)52-34-33-44)35-51-42(47)27-23-20-19-22-25-37-29-32-41(46)40(37)31-30-38(45)26-21-6-4-2/h9-10,12-13,15-16,19,22,29-32,37-40,45H,3-8,11,14,17-18,20-21,23-28,33-36,44H2,1-2H3,(H,49,50)/b10-9-,13-12-,16-15-,22-19-,31-30+/t37-,38-,39+,40+/m0/s1. The van der Waals surface area contributed by atoms with Crippen molar-refractivity contribution in [2.75, 3.05) is 26.4 Å². The Balaban J connectivity index is 2.43. The van der Waals surface area contributed by atoms with Crippen molar-refractivity contribution in [3.8, 4) is 0 Å². The molecule has 1 aliphatic rings. The number of phosphoric acid groups is 1. The van der Waals surface area contributed by atoms with Crippen molar-refractivity contribution in [1.29, 1.82) is 0 Å². The Labute approximate surface area is 330 Å². The van der Waals surface area contributed by atoms with Crippen molar-refractivity contribution in [2.45, 2.75) is 142 Å². The van der Waals surface area contributed by atoms with E-state index >= 15 is 0 Å². The van der Waals surface area contributed by atoms with E-state index in [0.29, 0.717) is 32.1 Å². The molecular formula is C43H70NO10P. The summed E-state index contributed by atoms with van der Waals surface area (Å²) in [6, 6.07) is 0. The molecule has 0 saturated carbocycles. The molecule has 0 aliphatic heterocycles. The van der Waals surface area contributed by atoms with Crippen LogP contribution >= 0.6 is 7.82 Å². The smallest absolute Gasteiger partial charge is 0.462 e. The second kappa shape index (κ2) is 33.2.